The van der Waals surface area contributed by atoms with Crippen LogP contribution in [0.15, 0.2) is 18.2 Å². The molecule has 0 saturated carbocycles. The zero-order valence-corrected chi connectivity index (χ0v) is 11.7. The molecule has 0 saturated heterocycles. The first kappa shape index (κ1) is 14.4. The highest BCUT2D eigenvalue weighted by Gasteiger charge is 2.17. The Balaban J connectivity index is 2.77. The number of nitrogens with two attached hydrogens (primary N) is 1. The normalized spacial score (nSPS) is 11.0. The lowest BCUT2D eigenvalue weighted by molar-refractivity contribution is 0.304. The predicted octanol–water partition coefficient (Wildman–Crippen LogP) is 3.48. The standard InChI is InChI=1S/C15H23N3/c1-10(2)14(11(3)4)9-18-15-6-5-13(17)7-12(15)8-16/h5-7,10-11,14,18H,9,17H2,1-4H3. The van der Waals surface area contributed by atoms with Gasteiger partial charge in [-0.2, -0.15) is 5.26 Å². The zero-order chi connectivity index (χ0) is 13.7. The molecule has 0 radical (unpaired) electrons. The molecule has 1 aromatic rings. The molecule has 1 aromatic carbocycles. The Kier molecular flexibility index (Phi) is 5.03. The van der Waals surface area contributed by atoms with Crippen LogP contribution in [0.25, 0.3) is 0 Å². The minimum atomic E-state index is 0.592. The van der Waals surface area contributed by atoms with E-state index in [1.807, 2.05) is 12.1 Å². The number of nitrogen functional groups attached to an aromatic ring is 1. The highest BCUT2D eigenvalue weighted by Crippen LogP contribution is 2.23. The summed E-state index contributed by atoms with van der Waals surface area (Å²) in [7, 11) is 0. The van der Waals surface area contributed by atoms with E-state index in [1.165, 1.54) is 0 Å². The van der Waals surface area contributed by atoms with E-state index in [1.54, 1.807) is 6.07 Å². The Bertz CT molecular complexity index is 422. The molecule has 0 fully saturated rings. The fourth-order valence-electron chi connectivity index (χ4n) is 2.28. The first-order chi connectivity index (χ1) is 8.45. The van der Waals surface area contributed by atoms with Crippen molar-refractivity contribution in [2.75, 3.05) is 17.6 Å². The Morgan fingerprint density at radius 1 is 1.22 bits per heavy atom. The molecule has 0 unspecified atom stereocenters. The topological polar surface area (TPSA) is 61.8 Å². The predicted molar refractivity (Wildman–Crippen MR) is 77.2 cm³/mol. The largest absolute Gasteiger partial charge is 0.399 e. The molecule has 0 bridgehead atoms. The number of anilines is 2. The second-order valence-electron chi connectivity index (χ2n) is 5.45. The lowest BCUT2D eigenvalue weighted by Gasteiger charge is -2.25. The van der Waals surface area contributed by atoms with E-state index < -0.39 is 0 Å². The number of nitriles is 1. The van der Waals surface area contributed by atoms with Gasteiger partial charge in [0.2, 0.25) is 0 Å². The van der Waals surface area contributed by atoms with Crippen LogP contribution in [-0.4, -0.2) is 6.54 Å². The number of hydrogen-bond donors (Lipinski definition) is 2. The summed E-state index contributed by atoms with van der Waals surface area (Å²) in [4.78, 5) is 0. The van der Waals surface area contributed by atoms with E-state index in [-0.39, 0.29) is 0 Å². The van der Waals surface area contributed by atoms with Crippen LogP contribution < -0.4 is 11.1 Å². The zero-order valence-electron chi connectivity index (χ0n) is 11.7. The van der Waals surface area contributed by atoms with E-state index in [4.69, 9.17) is 11.0 Å². The van der Waals surface area contributed by atoms with E-state index in [2.05, 4.69) is 39.1 Å². The monoisotopic (exact) mass is 245 g/mol. The molecular formula is C15H23N3. The SMILES string of the molecule is CC(C)C(CNc1ccc(N)cc1C#N)C(C)C. The van der Waals surface area contributed by atoms with E-state index in [9.17, 15) is 0 Å². The summed E-state index contributed by atoms with van der Waals surface area (Å²) in [6.07, 6.45) is 0. The van der Waals surface area contributed by atoms with E-state index in [0.717, 1.165) is 12.2 Å². The Hall–Kier alpha value is -1.69. The van der Waals surface area contributed by atoms with Crippen molar-refractivity contribution in [3.63, 3.8) is 0 Å². The number of nitrogens with zero attached hydrogens (tertiary/aromatic N) is 1. The van der Waals surface area contributed by atoms with Crippen LogP contribution in [0.2, 0.25) is 0 Å². The van der Waals surface area contributed by atoms with Crippen molar-refractivity contribution in [3.8, 4) is 6.07 Å². The maximum Gasteiger partial charge on any atom is 0.101 e. The van der Waals surface area contributed by atoms with Gasteiger partial charge in [-0.05, 0) is 36.0 Å². The maximum atomic E-state index is 9.08. The maximum absolute atomic E-state index is 9.08. The van der Waals surface area contributed by atoms with Crippen LogP contribution in [0.3, 0.4) is 0 Å². The Morgan fingerprint density at radius 2 is 1.83 bits per heavy atom. The third kappa shape index (κ3) is 3.66. The quantitative estimate of drug-likeness (QED) is 0.781. The van der Waals surface area contributed by atoms with E-state index in [0.29, 0.717) is 29.0 Å². The van der Waals surface area contributed by atoms with Gasteiger partial charge in [0.05, 0.1) is 11.3 Å². The van der Waals surface area contributed by atoms with Gasteiger partial charge in [-0.3, -0.25) is 0 Å². The lowest BCUT2D eigenvalue weighted by atomic mass is 9.85. The average Bonchev–Trinajstić information content (AvgIpc) is 2.30. The average molecular weight is 245 g/mol. The van der Waals surface area contributed by atoms with Gasteiger partial charge in [0, 0.05) is 12.2 Å². The summed E-state index contributed by atoms with van der Waals surface area (Å²) in [6.45, 7) is 9.83. The molecule has 0 aliphatic carbocycles. The third-order valence-electron chi connectivity index (χ3n) is 3.40. The lowest BCUT2D eigenvalue weighted by Crippen LogP contribution is -2.24. The van der Waals surface area contributed by atoms with Gasteiger partial charge in [-0.1, -0.05) is 27.7 Å². The molecule has 0 atom stereocenters. The highest BCUT2D eigenvalue weighted by atomic mass is 14.9. The third-order valence-corrected chi connectivity index (χ3v) is 3.40. The summed E-state index contributed by atoms with van der Waals surface area (Å²) in [5.74, 6) is 1.84. The molecule has 0 amide bonds. The number of hydrogen-bond acceptors (Lipinski definition) is 3. The molecule has 0 aliphatic heterocycles. The van der Waals surface area contributed by atoms with Crippen molar-refractivity contribution in [1.82, 2.24) is 0 Å². The van der Waals surface area contributed by atoms with E-state index >= 15 is 0 Å². The van der Waals surface area contributed by atoms with Gasteiger partial charge < -0.3 is 11.1 Å². The van der Waals surface area contributed by atoms with Gasteiger partial charge in [-0.25, -0.2) is 0 Å². The second kappa shape index (κ2) is 6.30. The fraction of sp³-hybridized carbons (Fsp3) is 0.533. The number of rotatable bonds is 5. The molecule has 0 heterocycles. The minimum Gasteiger partial charge on any atom is -0.399 e. The molecule has 18 heavy (non-hydrogen) atoms. The first-order valence-corrected chi connectivity index (χ1v) is 6.49. The summed E-state index contributed by atoms with van der Waals surface area (Å²) in [6, 6.07) is 7.59. The van der Waals surface area contributed by atoms with Crippen LogP contribution in [0.1, 0.15) is 33.3 Å². The van der Waals surface area contributed by atoms with Gasteiger partial charge in [0.15, 0.2) is 0 Å². The van der Waals surface area contributed by atoms with Crippen molar-refractivity contribution in [2.24, 2.45) is 17.8 Å². The summed E-state index contributed by atoms with van der Waals surface area (Å²) < 4.78 is 0. The summed E-state index contributed by atoms with van der Waals surface area (Å²) >= 11 is 0. The highest BCUT2D eigenvalue weighted by molar-refractivity contribution is 5.62. The molecule has 3 nitrogen and oxygen atoms in total. The molecule has 0 aliphatic rings. The van der Waals surface area contributed by atoms with Gasteiger partial charge in [0.1, 0.15) is 6.07 Å². The summed E-state index contributed by atoms with van der Waals surface area (Å²) in [5, 5.41) is 12.5. The fourth-order valence-corrected chi connectivity index (χ4v) is 2.28. The second-order valence-corrected chi connectivity index (χ2v) is 5.45. The van der Waals surface area contributed by atoms with Crippen molar-refractivity contribution in [2.45, 2.75) is 27.7 Å². The molecule has 3 N–H and O–H groups in total. The molecule has 0 aromatic heterocycles. The van der Waals surface area contributed by atoms with Crippen LogP contribution in [-0.2, 0) is 0 Å². The van der Waals surface area contributed by atoms with Crippen LogP contribution in [0.5, 0.6) is 0 Å². The first-order valence-electron chi connectivity index (χ1n) is 6.49. The van der Waals surface area contributed by atoms with Crippen molar-refractivity contribution in [1.29, 1.82) is 5.26 Å². The van der Waals surface area contributed by atoms with Crippen LogP contribution >= 0.6 is 0 Å². The van der Waals surface area contributed by atoms with Crippen molar-refractivity contribution < 1.29 is 0 Å². The van der Waals surface area contributed by atoms with Crippen molar-refractivity contribution in [3.05, 3.63) is 23.8 Å². The summed E-state index contributed by atoms with van der Waals surface area (Å²) in [5.41, 5.74) is 7.79. The Morgan fingerprint density at radius 3 is 2.33 bits per heavy atom. The smallest absolute Gasteiger partial charge is 0.101 e. The molecule has 3 heteroatoms. The molecule has 1 rings (SSSR count). The Labute approximate surface area is 110 Å². The number of benzene rings is 1. The molecule has 98 valence electrons. The molecule has 0 spiro atoms. The number of nitrogens with one attached hydrogen (secondary N) is 1. The van der Waals surface area contributed by atoms with Crippen LogP contribution in [0.4, 0.5) is 11.4 Å². The van der Waals surface area contributed by atoms with Gasteiger partial charge in [0.25, 0.3) is 0 Å². The van der Waals surface area contributed by atoms with Gasteiger partial charge in [-0.15, -0.1) is 0 Å². The van der Waals surface area contributed by atoms with Gasteiger partial charge >= 0.3 is 0 Å². The molecular weight excluding hydrogens is 222 g/mol. The van der Waals surface area contributed by atoms with Crippen LogP contribution in [0, 0.1) is 29.1 Å². The minimum absolute atomic E-state index is 0.592. The van der Waals surface area contributed by atoms with Crippen molar-refractivity contribution >= 4 is 11.4 Å².